The van der Waals surface area contributed by atoms with Crippen molar-refractivity contribution in [3.05, 3.63) is 35.6 Å². The SMILES string of the molecule is NCCNCC(O)c1cccc(F)c1. The smallest absolute Gasteiger partial charge is 0.123 e. The van der Waals surface area contributed by atoms with E-state index in [9.17, 15) is 9.50 Å². The quantitative estimate of drug-likeness (QED) is 0.600. The molecule has 1 rings (SSSR count). The molecule has 0 aromatic heterocycles. The maximum absolute atomic E-state index is 12.8. The third kappa shape index (κ3) is 3.41. The average Bonchev–Trinajstić information content (AvgIpc) is 2.18. The predicted octanol–water partition coefficient (Wildman–Crippen LogP) is 0.407. The predicted molar refractivity (Wildman–Crippen MR) is 53.3 cm³/mol. The Morgan fingerprint density at radius 2 is 2.29 bits per heavy atom. The lowest BCUT2D eigenvalue weighted by molar-refractivity contribution is 0.175. The minimum atomic E-state index is -0.683. The number of aliphatic hydroxyl groups is 1. The topological polar surface area (TPSA) is 58.3 Å². The van der Waals surface area contributed by atoms with Gasteiger partial charge < -0.3 is 16.2 Å². The molecule has 78 valence electrons. The van der Waals surface area contributed by atoms with Gasteiger partial charge in [0, 0.05) is 19.6 Å². The molecule has 0 amide bonds. The van der Waals surface area contributed by atoms with E-state index in [0.29, 0.717) is 25.2 Å². The van der Waals surface area contributed by atoms with Crippen molar-refractivity contribution in [2.24, 2.45) is 5.73 Å². The fraction of sp³-hybridized carbons (Fsp3) is 0.400. The van der Waals surface area contributed by atoms with E-state index in [1.807, 2.05) is 0 Å². The van der Waals surface area contributed by atoms with Crippen LogP contribution < -0.4 is 11.1 Å². The van der Waals surface area contributed by atoms with E-state index in [2.05, 4.69) is 5.32 Å². The summed E-state index contributed by atoms with van der Waals surface area (Å²) in [4.78, 5) is 0. The van der Waals surface area contributed by atoms with Crippen molar-refractivity contribution in [1.29, 1.82) is 0 Å². The Morgan fingerprint density at radius 1 is 1.50 bits per heavy atom. The van der Waals surface area contributed by atoms with Gasteiger partial charge in [-0.2, -0.15) is 0 Å². The molecule has 14 heavy (non-hydrogen) atoms. The van der Waals surface area contributed by atoms with E-state index >= 15 is 0 Å². The van der Waals surface area contributed by atoms with Gasteiger partial charge in [-0.25, -0.2) is 4.39 Å². The van der Waals surface area contributed by atoms with Crippen molar-refractivity contribution in [1.82, 2.24) is 5.32 Å². The van der Waals surface area contributed by atoms with Gasteiger partial charge >= 0.3 is 0 Å². The van der Waals surface area contributed by atoms with Crippen LogP contribution in [0.25, 0.3) is 0 Å². The third-order valence-electron chi connectivity index (χ3n) is 1.89. The van der Waals surface area contributed by atoms with Crippen LogP contribution in [0, 0.1) is 5.82 Å². The van der Waals surface area contributed by atoms with E-state index < -0.39 is 6.10 Å². The Kier molecular flexibility index (Phi) is 4.52. The summed E-state index contributed by atoms with van der Waals surface area (Å²) in [5, 5.41) is 12.6. The maximum atomic E-state index is 12.8. The highest BCUT2D eigenvalue weighted by Gasteiger charge is 2.06. The summed E-state index contributed by atoms with van der Waals surface area (Å²) < 4.78 is 12.8. The highest BCUT2D eigenvalue weighted by atomic mass is 19.1. The van der Waals surface area contributed by atoms with Gasteiger partial charge in [-0.05, 0) is 17.7 Å². The molecule has 4 N–H and O–H groups in total. The van der Waals surface area contributed by atoms with Gasteiger partial charge in [0.1, 0.15) is 5.82 Å². The molecule has 4 heteroatoms. The van der Waals surface area contributed by atoms with Gasteiger partial charge in [0.2, 0.25) is 0 Å². The molecule has 0 aliphatic carbocycles. The van der Waals surface area contributed by atoms with Crippen molar-refractivity contribution in [3.8, 4) is 0 Å². The van der Waals surface area contributed by atoms with Crippen LogP contribution in [0.15, 0.2) is 24.3 Å². The zero-order chi connectivity index (χ0) is 10.4. The maximum Gasteiger partial charge on any atom is 0.123 e. The summed E-state index contributed by atoms with van der Waals surface area (Å²) in [6.07, 6.45) is -0.683. The van der Waals surface area contributed by atoms with Crippen molar-refractivity contribution in [2.45, 2.75) is 6.10 Å². The highest BCUT2D eigenvalue weighted by molar-refractivity contribution is 5.18. The Bertz CT molecular complexity index is 281. The van der Waals surface area contributed by atoms with Crippen LogP contribution in [0.4, 0.5) is 4.39 Å². The highest BCUT2D eigenvalue weighted by Crippen LogP contribution is 2.12. The summed E-state index contributed by atoms with van der Waals surface area (Å²) in [7, 11) is 0. The molecule has 0 spiro atoms. The molecule has 0 heterocycles. The number of nitrogens with one attached hydrogen (secondary N) is 1. The number of rotatable bonds is 5. The number of hydrogen-bond acceptors (Lipinski definition) is 3. The minimum absolute atomic E-state index is 0.333. The second-order valence-corrected chi connectivity index (χ2v) is 3.06. The monoisotopic (exact) mass is 198 g/mol. The molecule has 0 saturated heterocycles. The second kappa shape index (κ2) is 5.70. The molecule has 1 atom stereocenters. The fourth-order valence-electron chi connectivity index (χ4n) is 1.17. The van der Waals surface area contributed by atoms with Gasteiger partial charge in [0.05, 0.1) is 6.10 Å². The molecular weight excluding hydrogens is 183 g/mol. The Hall–Kier alpha value is -0.970. The van der Waals surface area contributed by atoms with Crippen LogP contribution in [0.2, 0.25) is 0 Å². The molecule has 0 aliphatic rings. The van der Waals surface area contributed by atoms with E-state index in [1.165, 1.54) is 12.1 Å². The average molecular weight is 198 g/mol. The van der Waals surface area contributed by atoms with Crippen LogP contribution in [0.1, 0.15) is 11.7 Å². The summed E-state index contributed by atoms with van der Waals surface area (Å²) in [5.74, 6) is -0.333. The van der Waals surface area contributed by atoms with Crippen molar-refractivity contribution < 1.29 is 9.50 Å². The number of aliphatic hydroxyl groups excluding tert-OH is 1. The Morgan fingerprint density at radius 3 is 2.93 bits per heavy atom. The van der Waals surface area contributed by atoms with E-state index in [0.717, 1.165) is 0 Å². The van der Waals surface area contributed by atoms with Crippen molar-refractivity contribution in [2.75, 3.05) is 19.6 Å². The van der Waals surface area contributed by atoms with Crippen molar-refractivity contribution in [3.63, 3.8) is 0 Å². The lowest BCUT2D eigenvalue weighted by atomic mass is 10.1. The van der Waals surface area contributed by atoms with Gasteiger partial charge in [-0.3, -0.25) is 0 Å². The first-order valence-electron chi connectivity index (χ1n) is 4.58. The number of halogens is 1. The molecule has 0 bridgehead atoms. The van der Waals surface area contributed by atoms with E-state index in [1.54, 1.807) is 12.1 Å². The van der Waals surface area contributed by atoms with Crippen LogP contribution >= 0.6 is 0 Å². The largest absolute Gasteiger partial charge is 0.387 e. The molecule has 0 radical (unpaired) electrons. The summed E-state index contributed by atoms with van der Waals surface area (Å²) in [6, 6.07) is 5.95. The number of benzene rings is 1. The van der Waals surface area contributed by atoms with Crippen LogP contribution in [-0.2, 0) is 0 Å². The van der Waals surface area contributed by atoms with E-state index in [-0.39, 0.29) is 5.82 Å². The standard InChI is InChI=1S/C10H15FN2O/c11-9-3-1-2-8(6-9)10(14)7-13-5-4-12/h1-3,6,10,13-14H,4-5,7,12H2. The molecule has 3 nitrogen and oxygen atoms in total. The molecular formula is C10H15FN2O. The summed E-state index contributed by atoms with van der Waals surface area (Å²) in [5.41, 5.74) is 5.85. The van der Waals surface area contributed by atoms with Gasteiger partial charge in [-0.15, -0.1) is 0 Å². The Labute approximate surface area is 82.7 Å². The minimum Gasteiger partial charge on any atom is -0.387 e. The first kappa shape index (κ1) is 11.1. The normalized spacial score (nSPS) is 12.8. The first-order chi connectivity index (χ1) is 6.74. The second-order valence-electron chi connectivity index (χ2n) is 3.06. The first-order valence-corrected chi connectivity index (χ1v) is 4.58. The lowest BCUT2D eigenvalue weighted by Crippen LogP contribution is -2.27. The Balaban J connectivity index is 2.47. The molecule has 0 fully saturated rings. The molecule has 1 aromatic carbocycles. The van der Waals surface area contributed by atoms with Crippen LogP contribution in [0.5, 0.6) is 0 Å². The number of hydrogen-bond donors (Lipinski definition) is 3. The van der Waals surface area contributed by atoms with Crippen LogP contribution in [0.3, 0.4) is 0 Å². The molecule has 1 unspecified atom stereocenters. The molecule has 0 aliphatic heterocycles. The van der Waals surface area contributed by atoms with Crippen molar-refractivity contribution >= 4 is 0 Å². The summed E-state index contributed by atoms with van der Waals surface area (Å²) in [6.45, 7) is 1.56. The zero-order valence-corrected chi connectivity index (χ0v) is 7.91. The fourth-order valence-corrected chi connectivity index (χ4v) is 1.17. The van der Waals surface area contributed by atoms with Crippen LogP contribution in [-0.4, -0.2) is 24.7 Å². The van der Waals surface area contributed by atoms with E-state index in [4.69, 9.17) is 5.73 Å². The lowest BCUT2D eigenvalue weighted by Gasteiger charge is -2.11. The third-order valence-corrected chi connectivity index (χ3v) is 1.89. The summed E-state index contributed by atoms with van der Waals surface area (Å²) >= 11 is 0. The molecule has 1 aromatic rings. The van der Waals surface area contributed by atoms with Gasteiger partial charge in [-0.1, -0.05) is 12.1 Å². The van der Waals surface area contributed by atoms with Gasteiger partial charge in [0.15, 0.2) is 0 Å². The molecule has 0 saturated carbocycles. The van der Waals surface area contributed by atoms with Gasteiger partial charge in [0.25, 0.3) is 0 Å². The zero-order valence-electron chi connectivity index (χ0n) is 7.91. The number of nitrogens with two attached hydrogens (primary N) is 1.